The number of nitro groups is 2. The van der Waals surface area contributed by atoms with Crippen LogP contribution >= 0.6 is 0 Å². The van der Waals surface area contributed by atoms with Crippen molar-refractivity contribution in [2.45, 2.75) is 6.92 Å². The second kappa shape index (κ2) is 6.00. The molecule has 0 spiro atoms. The first-order chi connectivity index (χ1) is 11.8. The smallest absolute Gasteiger partial charge is 0.344 e. The summed E-state index contributed by atoms with van der Waals surface area (Å²) in [4.78, 5) is 36.4. The minimum atomic E-state index is -0.966. The highest BCUT2D eigenvalue weighted by molar-refractivity contribution is 5.93. The Balaban J connectivity index is 1.93. The molecule has 25 heavy (non-hydrogen) atoms. The van der Waals surface area contributed by atoms with Crippen molar-refractivity contribution in [1.29, 1.82) is 0 Å². The third-order valence-electron chi connectivity index (χ3n) is 3.24. The predicted molar refractivity (Wildman–Crippen MR) is 83.5 cm³/mol. The number of fused-ring (bicyclic) bond motifs is 1. The van der Waals surface area contributed by atoms with Crippen LogP contribution in [0.25, 0.3) is 11.1 Å². The zero-order valence-corrected chi connectivity index (χ0v) is 12.7. The third kappa shape index (κ3) is 3.27. The molecule has 3 rings (SSSR count). The SMILES string of the molecule is Cc1nc2cc(OC(=O)c3cc([N+](=O)[O-])cc([N+](=O)[O-])c3)ccc2o1. The van der Waals surface area contributed by atoms with Gasteiger partial charge in [0.2, 0.25) is 0 Å². The van der Waals surface area contributed by atoms with Gasteiger partial charge in [-0.05, 0) is 12.1 Å². The molecule has 0 saturated carbocycles. The number of nitrogens with zero attached hydrogens (tertiary/aromatic N) is 3. The Labute approximate surface area is 138 Å². The van der Waals surface area contributed by atoms with E-state index in [2.05, 4.69) is 4.98 Å². The van der Waals surface area contributed by atoms with Crippen LogP contribution in [0.5, 0.6) is 5.75 Å². The number of non-ortho nitro benzene ring substituents is 2. The van der Waals surface area contributed by atoms with E-state index in [1.807, 2.05) is 0 Å². The number of ether oxygens (including phenoxy) is 1. The molecule has 3 aromatic rings. The molecule has 0 saturated heterocycles. The Morgan fingerprint density at radius 2 is 1.72 bits per heavy atom. The van der Waals surface area contributed by atoms with Crippen LogP contribution in [-0.4, -0.2) is 20.8 Å². The molecule has 2 aromatic carbocycles. The van der Waals surface area contributed by atoms with Crippen molar-refractivity contribution < 1.29 is 23.8 Å². The first-order valence-electron chi connectivity index (χ1n) is 6.87. The lowest BCUT2D eigenvalue weighted by atomic mass is 10.2. The van der Waals surface area contributed by atoms with Gasteiger partial charge in [-0.2, -0.15) is 0 Å². The van der Waals surface area contributed by atoms with Crippen molar-refractivity contribution in [2.24, 2.45) is 0 Å². The van der Waals surface area contributed by atoms with Gasteiger partial charge >= 0.3 is 5.97 Å². The largest absolute Gasteiger partial charge is 0.441 e. The topological polar surface area (TPSA) is 139 Å². The average Bonchev–Trinajstić information content (AvgIpc) is 2.93. The van der Waals surface area contributed by atoms with Crippen molar-refractivity contribution in [3.8, 4) is 5.75 Å². The fraction of sp³-hybridized carbons (Fsp3) is 0.0667. The van der Waals surface area contributed by atoms with Crippen LogP contribution in [-0.2, 0) is 0 Å². The van der Waals surface area contributed by atoms with Gasteiger partial charge in [0.25, 0.3) is 11.4 Å². The van der Waals surface area contributed by atoms with Gasteiger partial charge in [0, 0.05) is 25.1 Å². The van der Waals surface area contributed by atoms with Crippen molar-refractivity contribution in [1.82, 2.24) is 4.98 Å². The fourth-order valence-corrected chi connectivity index (χ4v) is 2.18. The van der Waals surface area contributed by atoms with Crippen LogP contribution < -0.4 is 4.74 Å². The number of carbonyl (C=O) groups excluding carboxylic acids is 1. The van der Waals surface area contributed by atoms with Crippen LogP contribution in [0, 0.1) is 27.2 Å². The first-order valence-corrected chi connectivity index (χ1v) is 6.87. The summed E-state index contributed by atoms with van der Waals surface area (Å²) < 4.78 is 10.4. The molecule has 0 amide bonds. The van der Waals surface area contributed by atoms with E-state index in [0.29, 0.717) is 17.0 Å². The summed E-state index contributed by atoms with van der Waals surface area (Å²) in [6, 6.07) is 7.04. The zero-order valence-electron chi connectivity index (χ0n) is 12.7. The summed E-state index contributed by atoms with van der Waals surface area (Å²) in [7, 11) is 0. The molecule has 0 N–H and O–H groups in total. The molecule has 0 aliphatic carbocycles. The summed E-state index contributed by atoms with van der Waals surface area (Å²) in [6.07, 6.45) is 0. The summed E-state index contributed by atoms with van der Waals surface area (Å²) in [5.74, 6) is -0.404. The van der Waals surface area contributed by atoms with Gasteiger partial charge in [0.1, 0.15) is 11.3 Å². The molecule has 1 aromatic heterocycles. The van der Waals surface area contributed by atoms with Crippen molar-refractivity contribution in [2.75, 3.05) is 0 Å². The highest BCUT2D eigenvalue weighted by atomic mass is 16.6. The molecule has 0 fully saturated rings. The number of aryl methyl sites for hydroxylation is 1. The van der Waals surface area contributed by atoms with E-state index in [9.17, 15) is 25.0 Å². The van der Waals surface area contributed by atoms with E-state index >= 15 is 0 Å². The molecule has 0 atom stereocenters. The Morgan fingerprint density at radius 3 is 2.32 bits per heavy atom. The molecule has 1 heterocycles. The zero-order chi connectivity index (χ0) is 18.1. The summed E-state index contributed by atoms with van der Waals surface area (Å²) >= 11 is 0. The first kappa shape index (κ1) is 16.1. The molecular weight excluding hydrogens is 334 g/mol. The van der Waals surface area contributed by atoms with Gasteiger partial charge in [0.15, 0.2) is 11.5 Å². The van der Waals surface area contributed by atoms with Gasteiger partial charge in [-0.15, -0.1) is 0 Å². The van der Waals surface area contributed by atoms with Gasteiger partial charge in [-0.25, -0.2) is 9.78 Å². The number of hydrogen-bond donors (Lipinski definition) is 0. The molecule has 0 aliphatic rings. The molecule has 126 valence electrons. The number of nitro benzene ring substituents is 2. The van der Waals surface area contributed by atoms with E-state index in [-0.39, 0.29) is 11.3 Å². The maximum Gasteiger partial charge on any atom is 0.344 e. The standard InChI is InChI=1S/C15H9N3O7/c1-8-16-13-7-12(2-3-14(13)24-8)25-15(19)9-4-10(17(20)21)6-11(5-9)18(22)23/h2-7H,1H3. The lowest BCUT2D eigenvalue weighted by Crippen LogP contribution is -2.09. The van der Waals surface area contributed by atoms with Crippen LogP contribution in [0.2, 0.25) is 0 Å². The number of rotatable bonds is 4. The molecule has 10 heteroatoms. The molecule has 0 unspecified atom stereocenters. The lowest BCUT2D eigenvalue weighted by molar-refractivity contribution is -0.394. The number of aromatic nitrogens is 1. The van der Waals surface area contributed by atoms with Crippen molar-refractivity contribution in [3.63, 3.8) is 0 Å². The molecular formula is C15H9N3O7. The molecule has 0 aliphatic heterocycles. The average molecular weight is 343 g/mol. The number of carbonyl (C=O) groups is 1. The minimum Gasteiger partial charge on any atom is -0.441 e. The summed E-state index contributed by atoms with van der Waals surface area (Å²) in [5.41, 5.74) is -0.499. The maximum absolute atomic E-state index is 12.2. The molecule has 0 radical (unpaired) electrons. The summed E-state index contributed by atoms with van der Waals surface area (Å²) in [6.45, 7) is 1.66. The van der Waals surface area contributed by atoms with Crippen LogP contribution in [0.4, 0.5) is 11.4 Å². The summed E-state index contributed by atoms with van der Waals surface area (Å²) in [5, 5.41) is 21.7. The third-order valence-corrected chi connectivity index (χ3v) is 3.24. The Morgan fingerprint density at radius 1 is 1.08 bits per heavy atom. The second-order valence-electron chi connectivity index (χ2n) is 5.00. The number of esters is 1. The normalized spacial score (nSPS) is 10.6. The van der Waals surface area contributed by atoms with E-state index in [4.69, 9.17) is 9.15 Å². The van der Waals surface area contributed by atoms with E-state index in [0.717, 1.165) is 18.2 Å². The van der Waals surface area contributed by atoms with Gasteiger partial charge in [-0.3, -0.25) is 20.2 Å². The Kier molecular flexibility index (Phi) is 3.85. The maximum atomic E-state index is 12.2. The lowest BCUT2D eigenvalue weighted by Gasteiger charge is -2.04. The molecule has 10 nitrogen and oxygen atoms in total. The highest BCUT2D eigenvalue weighted by Gasteiger charge is 2.21. The Hall–Kier alpha value is -3.82. The number of benzene rings is 2. The monoisotopic (exact) mass is 343 g/mol. The van der Waals surface area contributed by atoms with Crippen LogP contribution in [0.1, 0.15) is 16.2 Å². The fourth-order valence-electron chi connectivity index (χ4n) is 2.18. The van der Waals surface area contributed by atoms with Crippen molar-refractivity contribution in [3.05, 3.63) is 68.1 Å². The number of oxazole rings is 1. The van der Waals surface area contributed by atoms with E-state index in [1.54, 1.807) is 13.0 Å². The second-order valence-corrected chi connectivity index (χ2v) is 5.00. The van der Waals surface area contributed by atoms with Gasteiger partial charge in [0.05, 0.1) is 21.5 Å². The van der Waals surface area contributed by atoms with E-state index < -0.39 is 27.2 Å². The van der Waals surface area contributed by atoms with Gasteiger partial charge in [-0.1, -0.05) is 0 Å². The van der Waals surface area contributed by atoms with Crippen LogP contribution in [0.15, 0.2) is 40.8 Å². The highest BCUT2D eigenvalue weighted by Crippen LogP contribution is 2.25. The van der Waals surface area contributed by atoms with Crippen LogP contribution in [0.3, 0.4) is 0 Å². The number of hydrogen-bond acceptors (Lipinski definition) is 8. The minimum absolute atomic E-state index is 0.125. The van der Waals surface area contributed by atoms with E-state index in [1.165, 1.54) is 12.1 Å². The molecule has 0 bridgehead atoms. The Bertz CT molecular complexity index is 993. The van der Waals surface area contributed by atoms with Gasteiger partial charge < -0.3 is 9.15 Å². The predicted octanol–water partition coefficient (Wildman–Crippen LogP) is 3.17. The van der Waals surface area contributed by atoms with Crippen molar-refractivity contribution >= 4 is 28.4 Å². The quantitative estimate of drug-likeness (QED) is 0.304.